The van der Waals surface area contributed by atoms with Gasteiger partial charge in [-0.3, -0.25) is 4.90 Å². The number of rotatable bonds is 1. The lowest BCUT2D eigenvalue weighted by atomic mass is 9.83. The molecule has 4 nitrogen and oxygen atoms in total. The van der Waals surface area contributed by atoms with E-state index in [2.05, 4.69) is 55.8 Å². The fourth-order valence-corrected chi connectivity index (χ4v) is 4.22. The largest absolute Gasteiger partial charge is 0.504 e. The molecular formula is C23H23NO3. The van der Waals surface area contributed by atoms with Crippen molar-refractivity contribution in [2.24, 2.45) is 0 Å². The third-order valence-electron chi connectivity index (χ3n) is 5.24. The van der Waals surface area contributed by atoms with Crippen LogP contribution >= 0.6 is 0 Å². The maximum Gasteiger partial charge on any atom is 0.172 e. The van der Waals surface area contributed by atoms with Gasteiger partial charge in [0, 0.05) is 17.2 Å². The number of phenols is 1. The molecule has 0 fully saturated rings. The number of phenolic OH excluding ortho intramolecular Hbond substituents is 1. The van der Waals surface area contributed by atoms with Crippen molar-refractivity contribution in [2.75, 3.05) is 12.0 Å². The maximum absolute atomic E-state index is 10.2. The summed E-state index contributed by atoms with van der Waals surface area (Å²) in [4.78, 5) is 2.12. The molecule has 2 aliphatic heterocycles. The van der Waals surface area contributed by atoms with E-state index in [4.69, 9.17) is 9.47 Å². The lowest BCUT2D eigenvalue weighted by Crippen LogP contribution is -2.42. The van der Waals surface area contributed by atoms with Crippen LogP contribution in [0.4, 0.5) is 5.69 Å². The minimum atomic E-state index is -0.197. The highest BCUT2D eigenvalue weighted by Crippen LogP contribution is 2.51. The molecule has 0 saturated heterocycles. The molecule has 0 aliphatic carbocycles. The Balaban J connectivity index is 2.02. The summed E-state index contributed by atoms with van der Waals surface area (Å²) in [5.74, 6) is 4.30. The highest BCUT2D eigenvalue weighted by atomic mass is 16.5. The summed E-state index contributed by atoms with van der Waals surface area (Å²) < 4.78 is 11.5. The van der Waals surface area contributed by atoms with Gasteiger partial charge in [-0.25, -0.2) is 0 Å². The number of fused-ring (bicyclic) bond motifs is 5. The topological polar surface area (TPSA) is 41.9 Å². The first kappa shape index (κ1) is 17.4. The molecule has 2 heterocycles. The second-order valence-electron chi connectivity index (χ2n) is 7.44. The predicted octanol–water partition coefficient (Wildman–Crippen LogP) is 4.94. The number of aromatic hydroxyl groups is 1. The van der Waals surface area contributed by atoms with Crippen LogP contribution in [0.25, 0.3) is 16.7 Å². The Morgan fingerprint density at radius 3 is 2.67 bits per heavy atom. The molecule has 0 unspecified atom stereocenters. The number of allylic oxidation sites excluding steroid dienone is 1. The number of ether oxygens (including phenoxy) is 2. The molecule has 138 valence electrons. The first-order chi connectivity index (χ1) is 12.9. The second kappa shape index (κ2) is 5.99. The Labute approximate surface area is 160 Å². The number of hydrogen-bond acceptors (Lipinski definition) is 4. The van der Waals surface area contributed by atoms with E-state index in [1.54, 1.807) is 19.2 Å². The van der Waals surface area contributed by atoms with Gasteiger partial charge in [-0.2, -0.15) is 0 Å². The number of methoxy groups -OCH3 is 1. The van der Waals surface area contributed by atoms with Crippen LogP contribution in [0.1, 0.15) is 38.8 Å². The number of benzene rings is 2. The van der Waals surface area contributed by atoms with Crippen molar-refractivity contribution in [3.63, 3.8) is 0 Å². The quantitative estimate of drug-likeness (QED) is 0.730. The molecule has 2 aromatic carbocycles. The molecule has 2 aromatic rings. The van der Waals surface area contributed by atoms with E-state index in [0.29, 0.717) is 12.4 Å². The van der Waals surface area contributed by atoms with E-state index in [-0.39, 0.29) is 11.3 Å². The zero-order valence-corrected chi connectivity index (χ0v) is 16.3. The van der Waals surface area contributed by atoms with Crippen LogP contribution in [0.15, 0.2) is 30.3 Å². The van der Waals surface area contributed by atoms with Gasteiger partial charge in [-0.05, 0) is 57.0 Å². The van der Waals surface area contributed by atoms with Crippen molar-refractivity contribution in [2.45, 2.75) is 39.8 Å². The normalized spacial score (nSPS) is 16.0. The molecule has 4 heteroatoms. The zero-order valence-electron chi connectivity index (χ0n) is 16.3. The fraction of sp³-hybridized carbons (Fsp3) is 0.304. The Morgan fingerprint density at radius 1 is 1.19 bits per heavy atom. The fourth-order valence-electron chi connectivity index (χ4n) is 4.22. The van der Waals surface area contributed by atoms with Crippen LogP contribution < -0.4 is 14.4 Å². The first-order valence-electron chi connectivity index (χ1n) is 9.00. The monoisotopic (exact) mass is 361 g/mol. The third-order valence-corrected chi connectivity index (χ3v) is 5.24. The molecule has 0 aromatic heterocycles. The Bertz CT molecular complexity index is 1040. The van der Waals surface area contributed by atoms with E-state index in [0.717, 1.165) is 33.7 Å². The molecule has 0 atom stereocenters. The van der Waals surface area contributed by atoms with Gasteiger partial charge >= 0.3 is 0 Å². The van der Waals surface area contributed by atoms with Crippen LogP contribution in [0, 0.1) is 12.0 Å². The van der Waals surface area contributed by atoms with Crippen molar-refractivity contribution in [3.8, 4) is 40.3 Å². The molecule has 0 saturated carbocycles. The summed E-state index contributed by atoms with van der Waals surface area (Å²) in [6, 6.07) is 10.8. The van der Waals surface area contributed by atoms with Gasteiger partial charge in [0.05, 0.1) is 23.9 Å². The minimum absolute atomic E-state index is 0.109. The second-order valence-corrected chi connectivity index (χ2v) is 7.44. The highest BCUT2D eigenvalue weighted by Gasteiger charge is 2.35. The molecule has 1 N–H and O–H groups in total. The van der Waals surface area contributed by atoms with Crippen molar-refractivity contribution in [1.29, 1.82) is 0 Å². The third kappa shape index (κ3) is 2.46. The van der Waals surface area contributed by atoms with Gasteiger partial charge in [0.15, 0.2) is 11.5 Å². The van der Waals surface area contributed by atoms with Gasteiger partial charge in [-0.15, -0.1) is 0 Å². The molecule has 0 bridgehead atoms. The number of anilines is 1. The van der Waals surface area contributed by atoms with E-state index in [9.17, 15) is 5.11 Å². The molecule has 27 heavy (non-hydrogen) atoms. The summed E-state index contributed by atoms with van der Waals surface area (Å²) >= 11 is 0. The van der Waals surface area contributed by atoms with Gasteiger partial charge in [0.25, 0.3) is 0 Å². The Hall–Kier alpha value is -3.06. The summed E-state index contributed by atoms with van der Waals surface area (Å²) in [7, 11) is 1.56. The predicted molar refractivity (Wildman–Crippen MR) is 108 cm³/mol. The van der Waals surface area contributed by atoms with Crippen LogP contribution in [0.3, 0.4) is 0 Å². The van der Waals surface area contributed by atoms with E-state index < -0.39 is 0 Å². The summed E-state index contributed by atoms with van der Waals surface area (Å²) in [6.07, 6.45) is 2.25. The average molecular weight is 361 g/mol. The SMILES string of the molecule is CC#CN1c2ccc3c(c2C(C)=CC1(C)C)COc1ccc(O)c(OC)c1-3. The van der Waals surface area contributed by atoms with Crippen molar-refractivity contribution in [1.82, 2.24) is 0 Å². The van der Waals surface area contributed by atoms with Crippen LogP contribution in [0.2, 0.25) is 0 Å². The van der Waals surface area contributed by atoms with Gasteiger partial charge < -0.3 is 14.6 Å². The minimum Gasteiger partial charge on any atom is -0.504 e. The maximum atomic E-state index is 10.2. The molecular weight excluding hydrogens is 338 g/mol. The molecule has 0 amide bonds. The van der Waals surface area contributed by atoms with Gasteiger partial charge in [0.1, 0.15) is 12.4 Å². The molecule has 0 spiro atoms. The number of hydrogen-bond donors (Lipinski definition) is 1. The Kier molecular flexibility index (Phi) is 3.85. The number of nitrogens with zero attached hydrogens (tertiary/aromatic N) is 1. The van der Waals surface area contributed by atoms with Crippen molar-refractivity contribution >= 4 is 11.3 Å². The van der Waals surface area contributed by atoms with Crippen LogP contribution in [0.5, 0.6) is 17.2 Å². The molecule has 4 rings (SSSR count). The van der Waals surface area contributed by atoms with E-state index in [1.165, 1.54) is 5.57 Å². The zero-order chi connectivity index (χ0) is 19.3. The standard InChI is InChI=1S/C23H23NO3/c1-6-11-24-17-8-7-15-16(20(17)14(2)12-23(24,3)4)13-27-19-10-9-18(25)22(26-5)21(15)19/h7-10,12,25H,13H2,1-5H3. The van der Waals surface area contributed by atoms with Gasteiger partial charge in [-0.1, -0.05) is 18.1 Å². The summed E-state index contributed by atoms with van der Waals surface area (Å²) in [5, 5.41) is 10.2. The molecule has 2 aliphatic rings. The van der Waals surface area contributed by atoms with Crippen molar-refractivity contribution in [3.05, 3.63) is 41.5 Å². The van der Waals surface area contributed by atoms with E-state index >= 15 is 0 Å². The lowest BCUT2D eigenvalue weighted by Gasteiger charge is -2.40. The lowest BCUT2D eigenvalue weighted by molar-refractivity contribution is 0.297. The van der Waals surface area contributed by atoms with Crippen LogP contribution in [-0.2, 0) is 6.61 Å². The van der Waals surface area contributed by atoms with Gasteiger partial charge in [0.2, 0.25) is 0 Å². The average Bonchev–Trinajstić information content (AvgIpc) is 2.63. The smallest absolute Gasteiger partial charge is 0.172 e. The summed E-state index contributed by atoms with van der Waals surface area (Å²) in [5.41, 5.74) is 6.15. The van der Waals surface area contributed by atoms with Crippen LogP contribution in [-0.4, -0.2) is 17.8 Å². The van der Waals surface area contributed by atoms with Crippen molar-refractivity contribution < 1.29 is 14.6 Å². The Morgan fingerprint density at radius 2 is 1.96 bits per heavy atom. The highest BCUT2D eigenvalue weighted by molar-refractivity contribution is 5.92. The summed E-state index contributed by atoms with van der Waals surface area (Å²) in [6.45, 7) is 8.78. The van der Waals surface area contributed by atoms with E-state index in [1.807, 2.05) is 6.92 Å². The molecule has 0 radical (unpaired) electrons. The first-order valence-corrected chi connectivity index (χ1v) is 9.00.